The van der Waals surface area contributed by atoms with E-state index in [0.717, 1.165) is 41.7 Å². The summed E-state index contributed by atoms with van der Waals surface area (Å²) in [6, 6.07) is 0.310. The van der Waals surface area contributed by atoms with E-state index in [1.54, 1.807) is 0 Å². The molecule has 1 atom stereocenters. The Hall–Kier alpha value is -1.17. The van der Waals surface area contributed by atoms with E-state index in [1.807, 2.05) is 23.5 Å². The lowest BCUT2D eigenvalue weighted by atomic mass is 10.2. The monoisotopic (exact) mass is 266 g/mol. The second-order valence-corrected chi connectivity index (χ2v) is 5.95. The van der Waals surface area contributed by atoms with E-state index >= 15 is 0 Å². The Labute approximate surface area is 111 Å². The zero-order valence-electron chi connectivity index (χ0n) is 10.8. The van der Waals surface area contributed by atoms with E-state index in [9.17, 15) is 4.79 Å². The number of carbonyl (C=O) groups excluding carboxylic acids is 1. The first-order valence-electron chi connectivity index (χ1n) is 6.40. The third-order valence-electron chi connectivity index (χ3n) is 3.61. The van der Waals surface area contributed by atoms with E-state index < -0.39 is 0 Å². The summed E-state index contributed by atoms with van der Waals surface area (Å²) in [5, 5.41) is 7.58. The molecule has 0 aliphatic carbocycles. The van der Waals surface area contributed by atoms with Crippen molar-refractivity contribution in [2.24, 2.45) is 7.05 Å². The predicted octanol–water partition coefficient (Wildman–Crippen LogP) is 1.25. The quantitative estimate of drug-likeness (QED) is 0.831. The number of rotatable bonds is 1. The number of nitrogens with one attached hydrogen (secondary N) is 1. The molecule has 6 heteroatoms. The maximum absolute atomic E-state index is 12.0. The molecule has 98 valence electrons. The number of hydrogen-bond donors (Lipinski definition) is 1. The molecule has 3 heterocycles. The molecule has 2 aliphatic rings. The Morgan fingerprint density at radius 1 is 1.56 bits per heavy atom. The van der Waals surface area contributed by atoms with Crippen LogP contribution in [0.25, 0.3) is 0 Å². The van der Waals surface area contributed by atoms with Gasteiger partial charge in [-0.3, -0.25) is 9.48 Å². The van der Waals surface area contributed by atoms with Gasteiger partial charge < -0.3 is 10.2 Å². The molecule has 3 rings (SSSR count). The first-order valence-corrected chi connectivity index (χ1v) is 7.56. The fourth-order valence-corrected chi connectivity index (χ4v) is 3.84. The van der Waals surface area contributed by atoms with E-state index in [0.29, 0.717) is 12.5 Å². The number of fused-ring (bicyclic) bond motifs is 3. The first-order chi connectivity index (χ1) is 8.70. The fourth-order valence-electron chi connectivity index (χ4n) is 2.78. The minimum atomic E-state index is 0.119. The van der Waals surface area contributed by atoms with Crippen LogP contribution in [0.4, 0.5) is 11.5 Å². The lowest BCUT2D eigenvalue weighted by Crippen LogP contribution is -2.43. The minimum absolute atomic E-state index is 0.119. The molecule has 1 fully saturated rings. The average Bonchev–Trinajstić information content (AvgIpc) is 2.57. The SMILES string of the molecule is CCc1nn(C)c2c1NC(=O)CC1CSCCN21. The van der Waals surface area contributed by atoms with Crippen molar-refractivity contribution >= 4 is 29.2 Å². The van der Waals surface area contributed by atoms with Gasteiger partial charge in [0.2, 0.25) is 5.91 Å². The number of hydrogen-bond acceptors (Lipinski definition) is 4. The van der Waals surface area contributed by atoms with Gasteiger partial charge in [-0.1, -0.05) is 6.92 Å². The van der Waals surface area contributed by atoms with Crippen molar-refractivity contribution in [2.45, 2.75) is 25.8 Å². The van der Waals surface area contributed by atoms with Crippen molar-refractivity contribution in [3.63, 3.8) is 0 Å². The molecule has 2 aliphatic heterocycles. The van der Waals surface area contributed by atoms with Gasteiger partial charge in [-0.25, -0.2) is 0 Å². The van der Waals surface area contributed by atoms with Crippen LogP contribution in [0.3, 0.4) is 0 Å². The highest BCUT2D eigenvalue weighted by Gasteiger charge is 2.34. The van der Waals surface area contributed by atoms with Gasteiger partial charge in [-0.2, -0.15) is 16.9 Å². The van der Waals surface area contributed by atoms with Crippen LogP contribution in [0.15, 0.2) is 0 Å². The molecule has 0 radical (unpaired) electrons. The van der Waals surface area contributed by atoms with Gasteiger partial charge in [-0.15, -0.1) is 0 Å². The van der Waals surface area contributed by atoms with E-state index in [-0.39, 0.29) is 5.91 Å². The van der Waals surface area contributed by atoms with Crippen LogP contribution in [0.5, 0.6) is 0 Å². The van der Waals surface area contributed by atoms with Crippen LogP contribution in [0.1, 0.15) is 19.0 Å². The molecule has 5 nitrogen and oxygen atoms in total. The Bertz CT molecular complexity index is 485. The topological polar surface area (TPSA) is 50.2 Å². The molecule has 1 amide bonds. The Morgan fingerprint density at radius 2 is 2.39 bits per heavy atom. The molecule has 1 unspecified atom stereocenters. The van der Waals surface area contributed by atoms with Crippen molar-refractivity contribution in [2.75, 3.05) is 28.3 Å². The summed E-state index contributed by atoms with van der Waals surface area (Å²) in [5.74, 6) is 3.35. The molecule has 1 N–H and O–H groups in total. The zero-order valence-corrected chi connectivity index (χ0v) is 11.6. The number of nitrogens with zero attached hydrogens (tertiary/aromatic N) is 3. The third kappa shape index (κ3) is 1.79. The molecular formula is C12H18N4OS. The van der Waals surface area contributed by atoms with Gasteiger partial charge in [0, 0.05) is 37.6 Å². The highest BCUT2D eigenvalue weighted by Crippen LogP contribution is 2.36. The number of anilines is 2. The van der Waals surface area contributed by atoms with Crippen LogP contribution in [0.2, 0.25) is 0 Å². The Morgan fingerprint density at radius 3 is 3.17 bits per heavy atom. The summed E-state index contributed by atoms with van der Waals surface area (Å²) in [6.07, 6.45) is 1.43. The molecule has 0 bridgehead atoms. The van der Waals surface area contributed by atoms with Gasteiger partial charge in [0.05, 0.1) is 5.69 Å². The third-order valence-corrected chi connectivity index (χ3v) is 4.70. The van der Waals surface area contributed by atoms with E-state index in [1.165, 1.54) is 0 Å². The highest BCUT2D eigenvalue weighted by atomic mass is 32.2. The summed E-state index contributed by atoms with van der Waals surface area (Å²) in [4.78, 5) is 14.4. The zero-order chi connectivity index (χ0) is 12.7. The molecule has 0 spiro atoms. The maximum atomic E-state index is 12.0. The van der Waals surface area contributed by atoms with Gasteiger partial charge >= 0.3 is 0 Å². The summed E-state index contributed by atoms with van der Waals surface area (Å²) in [7, 11) is 1.97. The second kappa shape index (κ2) is 4.50. The van der Waals surface area contributed by atoms with Gasteiger partial charge in [0.1, 0.15) is 5.69 Å². The summed E-state index contributed by atoms with van der Waals surface area (Å²) >= 11 is 1.93. The largest absolute Gasteiger partial charge is 0.350 e. The number of thioether (sulfide) groups is 1. The Balaban J connectivity index is 2.10. The standard InChI is InChI=1S/C12H18N4OS/c1-3-9-11-12(15(2)14-9)16-4-5-18-7-8(16)6-10(17)13-11/h8H,3-7H2,1-2H3,(H,13,17). The molecule has 0 saturated carbocycles. The second-order valence-electron chi connectivity index (χ2n) is 4.80. The van der Waals surface area contributed by atoms with Crippen molar-refractivity contribution in [1.82, 2.24) is 9.78 Å². The van der Waals surface area contributed by atoms with E-state index in [2.05, 4.69) is 22.2 Å². The molecule has 1 aromatic heterocycles. The highest BCUT2D eigenvalue weighted by molar-refractivity contribution is 7.99. The van der Waals surface area contributed by atoms with Crippen LogP contribution in [0, 0.1) is 0 Å². The first kappa shape index (κ1) is 11.9. The van der Waals surface area contributed by atoms with E-state index in [4.69, 9.17) is 0 Å². The minimum Gasteiger partial charge on any atom is -0.350 e. The number of carbonyl (C=O) groups is 1. The van der Waals surface area contributed by atoms with Crippen LogP contribution in [-0.4, -0.2) is 39.8 Å². The van der Waals surface area contributed by atoms with Gasteiger partial charge in [0.15, 0.2) is 5.82 Å². The smallest absolute Gasteiger partial charge is 0.226 e. The predicted molar refractivity (Wildman–Crippen MR) is 74.3 cm³/mol. The molecule has 18 heavy (non-hydrogen) atoms. The number of amides is 1. The van der Waals surface area contributed by atoms with Gasteiger partial charge in [-0.05, 0) is 6.42 Å². The van der Waals surface area contributed by atoms with Crippen molar-refractivity contribution < 1.29 is 4.79 Å². The molecular weight excluding hydrogens is 248 g/mol. The number of aromatic nitrogens is 2. The van der Waals surface area contributed by atoms with Crippen LogP contribution in [-0.2, 0) is 18.3 Å². The molecule has 0 aromatic carbocycles. The summed E-state index contributed by atoms with van der Waals surface area (Å²) < 4.78 is 1.92. The summed E-state index contributed by atoms with van der Waals surface area (Å²) in [5.41, 5.74) is 1.92. The average molecular weight is 266 g/mol. The number of aryl methyl sites for hydroxylation is 2. The van der Waals surface area contributed by atoms with Crippen molar-refractivity contribution in [1.29, 1.82) is 0 Å². The van der Waals surface area contributed by atoms with Crippen LogP contribution < -0.4 is 10.2 Å². The van der Waals surface area contributed by atoms with Crippen molar-refractivity contribution in [3.8, 4) is 0 Å². The molecule has 1 aromatic rings. The lowest BCUT2D eigenvalue weighted by molar-refractivity contribution is -0.116. The Kier molecular flexibility index (Phi) is 2.97. The molecule has 1 saturated heterocycles. The van der Waals surface area contributed by atoms with Crippen LogP contribution >= 0.6 is 11.8 Å². The summed E-state index contributed by atoms with van der Waals surface area (Å²) in [6.45, 7) is 3.07. The maximum Gasteiger partial charge on any atom is 0.226 e. The lowest BCUT2D eigenvalue weighted by Gasteiger charge is -2.35. The van der Waals surface area contributed by atoms with Gasteiger partial charge in [0.25, 0.3) is 0 Å². The fraction of sp³-hybridized carbons (Fsp3) is 0.667. The van der Waals surface area contributed by atoms with Crippen molar-refractivity contribution in [3.05, 3.63) is 5.69 Å². The normalized spacial score (nSPS) is 23.1.